The van der Waals surface area contributed by atoms with Gasteiger partial charge in [-0.3, -0.25) is 9.59 Å². The number of benzene rings is 1. The molecule has 10 heteroatoms. The van der Waals surface area contributed by atoms with E-state index in [0.29, 0.717) is 23.6 Å². The number of amides is 1. The number of hydrogen-bond acceptors (Lipinski definition) is 7. The van der Waals surface area contributed by atoms with Crippen molar-refractivity contribution < 1.29 is 13.9 Å². The molecule has 3 N–H and O–H groups in total. The van der Waals surface area contributed by atoms with Crippen molar-refractivity contribution in [3.05, 3.63) is 64.2 Å². The molecule has 5 rings (SSSR count). The van der Waals surface area contributed by atoms with Crippen LogP contribution in [0.15, 0.2) is 41.3 Å². The first-order chi connectivity index (χ1) is 16.5. The summed E-state index contributed by atoms with van der Waals surface area (Å²) in [7, 11) is 1.61. The normalized spacial score (nSPS) is 18.2. The molecule has 1 unspecified atom stereocenters. The molecule has 2 aliphatic rings. The zero-order chi connectivity index (χ0) is 23.9. The summed E-state index contributed by atoms with van der Waals surface area (Å²) in [5, 5.41) is 6.14. The lowest BCUT2D eigenvalue weighted by Gasteiger charge is -2.29. The highest BCUT2D eigenvalue weighted by Crippen LogP contribution is 2.23. The summed E-state index contributed by atoms with van der Waals surface area (Å²) >= 11 is 0. The van der Waals surface area contributed by atoms with E-state index in [-0.39, 0.29) is 22.8 Å². The molecule has 0 spiro atoms. The Hall–Kier alpha value is -3.37. The van der Waals surface area contributed by atoms with Gasteiger partial charge in [-0.15, -0.1) is 0 Å². The Morgan fingerprint density at radius 1 is 1.24 bits per heavy atom. The highest BCUT2D eigenvalue weighted by molar-refractivity contribution is 5.92. The fourth-order valence-corrected chi connectivity index (χ4v) is 4.04. The van der Waals surface area contributed by atoms with Gasteiger partial charge in [0.2, 0.25) is 0 Å². The van der Waals surface area contributed by atoms with Crippen LogP contribution in [0.2, 0.25) is 0 Å². The predicted molar refractivity (Wildman–Crippen MR) is 128 cm³/mol. The van der Waals surface area contributed by atoms with Crippen LogP contribution in [0.3, 0.4) is 0 Å². The minimum atomic E-state index is -0.427. The summed E-state index contributed by atoms with van der Waals surface area (Å²) < 4.78 is 18.5. The average molecular weight is 469 g/mol. The topological polar surface area (TPSA) is 112 Å². The van der Waals surface area contributed by atoms with Gasteiger partial charge in [-0.1, -0.05) is 0 Å². The summed E-state index contributed by atoms with van der Waals surface area (Å²) in [6, 6.07) is 7.77. The van der Waals surface area contributed by atoms with Crippen molar-refractivity contribution in [1.82, 2.24) is 25.6 Å². The third-order valence-corrected chi connectivity index (χ3v) is 5.92. The van der Waals surface area contributed by atoms with Gasteiger partial charge in [0, 0.05) is 45.8 Å². The molecule has 1 atom stereocenters. The van der Waals surface area contributed by atoms with Crippen LogP contribution in [0, 0.1) is 5.82 Å². The Morgan fingerprint density at radius 2 is 2.06 bits per heavy atom. The first kappa shape index (κ1) is 23.8. The van der Waals surface area contributed by atoms with E-state index in [1.54, 1.807) is 19.3 Å². The Bertz CT molecular complexity index is 1170. The SMILES string of the molecule is CNC(=O)c1ccc(N2CCNCC2)cn1.O=c1[nH]c(C2CCCOC2)nc2ccc(F)cc12. The van der Waals surface area contributed by atoms with Crippen LogP contribution in [-0.2, 0) is 4.74 Å². The Morgan fingerprint density at radius 3 is 2.74 bits per heavy atom. The van der Waals surface area contributed by atoms with Crippen molar-refractivity contribution in [2.24, 2.45) is 0 Å². The van der Waals surface area contributed by atoms with Gasteiger partial charge in [-0.25, -0.2) is 14.4 Å². The number of carbonyl (C=O) groups excluding carboxylic acids is 1. The van der Waals surface area contributed by atoms with E-state index in [9.17, 15) is 14.0 Å². The van der Waals surface area contributed by atoms with Crippen LogP contribution < -0.4 is 21.1 Å². The third-order valence-electron chi connectivity index (χ3n) is 5.92. The van der Waals surface area contributed by atoms with Crippen molar-refractivity contribution in [2.45, 2.75) is 18.8 Å². The number of carbonyl (C=O) groups is 1. The third kappa shape index (κ3) is 5.75. The maximum absolute atomic E-state index is 13.1. The van der Waals surface area contributed by atoms with Gasteiger partial charge >= 0.3 is 0 Å². The minimum Gasteiger partial charge on any atom is -0.381 e. The maximum atomic E-state index is 13.1. The molecule has 2 aliphatic heterocycles. The number of rotatable bonds is 3. The van der Waals surface area contributed by atoms with Crippen LogP contribution >= 0.6 is 0 Å². The van der Waals surface area contributed by atoms with Gasteiger partial charge < -0.3 is 25.3 Å². The van der Waals surface area contributed by atoms with Gasteiger partial charge in [-0.05, 0) is 43.2 Å². The summed E-state index contributed by atoms with van der Waals surface area (Å²) in [6.07, 6.45) is 3.68. The van der Waals surface area contributed by atoms with Crippen molar-refractivity contribution in [1.29, 1.82) is 0 Å². The number of H-pyrrole nitrogens is 1. The first-order valence-electron chi connectivity index (χ1n) is 11.5. The Kier molecular flexibility index (Phi) is 7.81. The Labute approximate surface area is 196 Å². The van der Waals surface area contributed by atoms with Crippen LogP contribution in [0.25, 0.3) is 10.9 Å². The molecule has 0 bridgehead atoms. The van der Waals surface area contributed by atoms with Crippen LogP contribution in [0.4, 0.5) is 10.1 Å². The van der Waals surface area contributed by atoms with E-state index in [4.69, 9.17) is 4.74 Å². The van der Waals surface area contributed by atoms with E-state index in [1.807, 2.05) is 6.07 Å². The minimum absolute atomic E-state index is 0.126. The number of pyridine rings is 1. The Balaban J connectivity index is 0.000000162. The molecule has 0 aliphatic carbocycles. The summed E-state index contributed by atoms with van der Waals surface area (Å²) in [6.45, 7) is 5.31. The fourth-order valence-electron chi connectivity index (χ4n) is 4.04. The molecule has 0 saturated carbocycles. The molecule has 1 aromatic carbocycles. The zero-order valence-electron chi connectivity index (χ0n) is 19.1. The monoisotopic (exact) mass is 468 g/mol. The van der Waals surface area contributed by atoms with Crippen LogP contribution in [0.5, 0.6) is 0 Å². The number of hydrogen-bond donors (Lipinski definition) is 3. The van der Waals surface area contributed by atoms with Gasteiger partial charge in [0.05, 0.1) is 29.4 Å². The van der Waals surface area contributed by atoms with Gasteiger partial charge in [-0.2, -0.15) is 0 Å². The lowest BCUT2D eigenvalue weighted by Crippen LogP contribution is -2.43. The highest BCUT2D eigenvalue weighted by Gasteiger charge is 2.19. The number of fused-ring (bicyclic) bond motifs is 1. The van der Waals surface area contributed by atoms with E-state index >= 15 is 0 Å². The molecule has 9 nitrogen and oxygen atoms in total. The second kappa shape index (κ2) is 11.2. The second-order valence-corrected chi connectivity index (χ2v) is 8.24. The zero-order valence-corrected chi connectivity index (χ0v) is 19.1. The maximum Gasteiger partial charge on any atom is 0.269 e. The van der Waals surface area contributed by atoms with Gasteiger partial charge in [0.25, 0.3) is 11.5 Å². The smallest absolute Gasteiger partial charge is 0.269 e. The van der Waals surface area contributed by atoms with Crippen molar-refractivity contribution in [2.75, 3.05) is 51.3 Å². The molecule has 34 heavy (non-hydrogen) atoms. The number of nitrogens with one attached hydrogen (secondary N) is 3. The standard InChI is InChI=1S/C13H13FN2O2.C11H16N4O/c14-9-3-4-11-10(6-9)13(17)16-12(15-11)8-2-1-5-18-7-8;1-12-11(16)10-3-2-9(8-14-10)15-6-4-13-5-7-15/h3-4,6,8H,1-2,5,7H2,(H,15,16,17);2-3,8,13H,4-7H2,1H3,(H,12,16). The molecule has 2 aromatic heterocycles. The van der Waals surface area contributed by atoms with E-state index in [1.165, 1.54) is 18.2 Å². The number of ether oxygens (including phenoxy) is 1. The number of halogens is 1. The molecule has 4 heterocycles. The van der Waals surface area contributed by atoms with Crippen molar-refractivity contribution in [3.8, 4) is 0 Å². The van der Waals surface area contributed by atoms with Crippen molar-refractivity contribution >= 4 is 22.5 Å². The fraction of sp³-hybridized carbons (Fsp3) is 0.417. The summed E-state index contributed by atoms with van der Waals surface area (Å²) in [4.78, 5) is 36.7. The van der Waals surface area contributed by atoms with E-state index in [0.717, 1.165) is 51.3 Å². The number of aromatic amines is 1. The first-order valence-corrected chi connectivity index (χ1v) is 11.5. The molecule has 2 saturated heterocycles. The molecular formula is C24H29FN6O3. The number of anilines is 1. The molecule has 0 radical (unpaired) electrons. The van der Waals surface area contributed by atoms with Crippen LogP contribution in [0.1, 0.15) is 35.1 Å². The van der Waals surface area contributed by atoms with Gasteiger partial charge in [0.1, 0.15) is 17.3 Å². The predicted octanol–water partition coefficient (Wildman–Crippen LogP) is 1.81. The molecular weight excluding hydrogens is 439 g/mol. The molecule has 180 valence electrons. The second-order valence-electron chi connectivity index (χ2n) is 8.24. The van der Waals surface area contributed by atoms with E-state index < -0.39 is 5.82 Å². The molecule has 1 amide bonds. The largest absolute Gasteiger partial charge is 0.381 e. The average Bonchev–Trinajstić information content (AvgIpc) is 2.90. The van der Waals surface area contributed by atoms with Gasteiger partial charge in [0.15, 0.2) is 0 Å². The summed E-state index contributed by atoms with van der Waals surface area (Å²) in [5.74, 6) is 0.190. The number of aromatic nitrogens is 3. The number of nitrogens with zero attached hydrogens (tertiary/aromatic N) is 3. The summed E-state index contributed by atoms with van der Waals surface area (Å²) in [5.41, 5.74) is 1.77. The highest BCUT2D eigenvalue weighted by atomic mass is 19.1. The lowest BCUT2D eigenvalue weighted by atomic mass is 10.0. The quantitative estimate of drug-likeness (QED) is 0.537. The number of piperazine rings is 1. The molecule has 2 fully saturated rings. The van der Waals surface area contributed by atoms with Crippen LogP contribution in [-0.4, -0.2) is 67.3 Å². The van der Waals surface area contributed by atoms with Crippen molar-refractivity contribution in [3.63, 3.8) is 0 Å². The van der Waals surface area contributed by atoms with E-state index in [2.05, 4.69) is 30.5 Å². The molecule has 3 aromatic rings. The lowest BCUT2D eigenvalue weighted by molar-refractivity contribution is 0.0781.